The molecule has 0 radical (unpaired) electrons. The van der Waals surface area contributed by atoms with E-state index >= 15 is 0 Å². The Bertz CT molecular complexity index is 1310. The first-order valence-electron chi connectivity index (χ1n) is 10.5. The number of amides is 1. The summed E-state index contributed by atoms with van der Waals surface area (Å²) in [4.78, 5) is 20.9. The minimum Gasteiger partial charge on any atom is -0.368 e. The van der Waals surface area contributed by atoms with Crippen LogP contribution in [0.4, 0.5) is 19.0 Å². The second kappa shape index (κ2) is 8.31. The van der Waals surface area contributed by atoms with Crippen molar-refractivity contribution in [1.29, 1.82) is 0 Å². The van der Waals surface area contributed by atoms with E-state index in [1.165, 1.54) is 20.7 Å². The number of hydrazine groups is 1. The second-order valence-corrected chi connectivity index (χ2v) is 8.99. The van der Waals surface area contributed by atoms with Crippen LogP contribution in [0.5, 0.6) is 0 Å². The first kappa shape index (κ1) is 21.7. The molecule has 5 rings (SSSR count). The average Bonchev–Trinajstić information content (AvgIpc) is 3.46. The van der Waals surface area contributed by atoms with Crippen LogP contribution in [0.2, 0.25) is 0 Å². The van der Waals surface area contributed by atoms with Gasteiger partial charge in [0.2, 0.25) is 0 Å². The van der Waals surface area contributed by atoms with E-state index in [4.69, 9.17) is 5.84 Å². The van der Waals surface area contributed by atoms with Crippen molar-refractivity contribution in [2.75, 3.05) is 5.32 Å². The van der Waals surface area contributed by atoms with Gasteiger partial charge in [-0.1, -0.05) is 12.1 Å². The Labute approximate surface area is 191 Å². The topological polar surface area (TPSA) is 88.5 Å². The summed E-state index contributed by atoms with van der Waals surface area (Å²) in [6.07, 6.45) is -0.661. The molecule has 0 bridgehead atoms. The molecule has 0 unspecified atom stereocenters. The van der Waals surface area contributed by atoms with Crippen LogP contribution in [0.3, 0.4) is 0 Å². The Morgan fingerprint density at radius 3 is 2.67 bits per heavy atom. The molecule has 0 aliphatic heterocycles. The maximum atomic E-state index is 13.0. The minimum absolute atomic E-state index is 0.0528. The number of nitrogens with zero attached hydrogens (tertiary/aromatic N) is 4. The number of halogens is 3. The zero-order chi connectivity index (χ0) is 23.2. The summed E-state index contributed by atoms with van der Waals surface area (Å²) in [5, 5.41) is 4.65. The maximum absolute atomic E-state index is 13.0. The van der Waals surface area contributed by atoms with Crippen LogP contribution in [-0.2, 0) is 6.18 Å². The van der Waals surface area contributed by atoms with E-state index in [0.29, 0.717) is 24.2 Å². The van der Waals surface area contributed by atoms with Crippen molar-refractivity contribution in [1.82, 2.24) is 19.4 Å². The largest absolute Gasteiger partial charge is 0.434 e. The van der Waals surface area contributed by atoms with Gasteiger partial charge in [-0.2, -0.15) is 13.2 Å². The molecule has 0 saturated heterocycles. The second-order valence-electron chi connectivity index (χ2n) is 8.13. The van der Waals surface area contributed by atoms with E-state index < -0.39 is 11.9 Å². The molecule has 0 atom stereocenters. The molecule has 172 valence electrons. The molecule has 1 aliphatic rings. The van der Waals surface area contributed by atoms with Crippen LogP contribution in [-0.4, -0.2) is 37.4 Å². The lowest BCUT2D eigenvalue weighted by Gasteiger charge is -2.34. The number of imidazole rings is 1. The molecule has 1 aromatic carbocycles. The molecule has 1 aliphatic carbocycles. The normalized spacial score (nSPS) is 19.2. The number of pyridine rings is 1. The van der Waals surface area contributed by atoms with Gasteiger partial charge in [0, 0.05) is 18.3 Å². The monoisotopic (exact) mass is 474 g/mol. The van der Waals surface area contributed by atoms with Crippen LogP contribution in [0.15, 0.2) is 48.1 Å². The summed E-state index contributed by atoms with van der Waals surface area (Å²) in [5.74, 6) is 6.55. The third kappa shape index (κ3) is 4.13. The quantitative estimate of drug-likeness (QED) is 0.254. The van der Waals surface area contributed by atoms with Gasteiger partial charge in [0.1, 0.15) is 11.5 Å². The van der Waals surface area contributed by atoms with Crippen molar-refractivity contribution in [3.63, 3.8) is 0 Å². The Hall–Kier alpha value is -3.18. The van der Waals surface area contributed by atoms with Crippen molar-refractivity contribution in [3.8, 4) is 0 Å². The van der Waals surface area contributed by atoms with Gasteiger partial charge in [0.25, 0.3) is 5.91 Å². The van der Waals surface area contributed by atoms with Gasteiger partial charge in [-0.3, -0.25) is 14.2 Å². The maximum Gasteiger partial charge on any atom is 0.434 e. The van der Waals surface area contributed by atoms with Crippen LogP contribution in [0.25, 0.3) is 15.9 Å². The first-order valence-corrected chi connectivity index (χ1v) is 11.4. The fraction of sp³-hybridized carbons (Fsp3) is 0.318. The number of carbonyl (C=O) groups excluding carboxylic acids is 1. The number of aromatic nitrogens is 3. The SMILES string of the molecule is NN(C(=O)c1cccc2ncsc12)[C@H]1CC[C@@H](Nc2cccc3nc(C(F)(F)F)cn23)CC1. The fourth-order valence-electron chi connectivity index (χ4n) is 4.33. The van der Waals surface area contributed by atoms with Crippen LogP contribution in [0, 0.1) is 0 Å². The number of hydrogen-bond donors (Lipinski definition) is 2. The molecular weight excluding hydrogens is 453 g/mol. The van der Waals surface area contributed by atoms with Crippen molar-refractivity contribution >= 4 is 38.9 Å². The molecule has 7 nitrogen and oxygen atoms in total. The number of benzene rings is 1. The fourth-order valence-corrected chi connectivity index (χ4v) is 5.13. The summed E-state index contributed by atoms with van der Waals surface area (Å²) in [6, 6.07) is 10.3. The summed E-state index contributed by atoms with van der Waals surface area (Å²) < 4.78 is 41.4. The Kier molecular flexibility index (Phi) is 5.45. The van der Waals surface area contributed by atoms with Crippen LogP contribution < -0.4 is 11.2 Å². The number of nitrogens with two attached hydrogens (primary N) is 1. The predicted octanol–water partition coefficient (Wildman–Crippen LogP) is 4.70. The zero-order valence-electron chi connectivity index (χ0n) is 17.4. The highest BCUT2D eigenvalue weighted by molar-refractivity contribution is 7.17. The number of fused-ring (bicyclic) bond motifs is 2. The third-order valence-corrected chi connectivity index (χ3v) is 6.92. The van der Waals surface area contributed by atoms with E-state index in [-0.39, 0.29) is 23.6 Å². The Morgan fingerprint density at radius 1 is 1.15 bits per heavy atom. The van der Waals surface area contributed by atoms with Gasteiger partial charge in [0.05, 0.1) is 21.3 Å². The minimum atomic E-state index is -4.50. The average molecular weight is 475 g/mol. The predicted molar refractivity (Wildman–Crippen MR) is 120 cm³/mol. The smallest absolute Gasteiger partial charge is 0.368 e. The number of alkyl halides is 3. The molecule has 33 heavy (non-hydrogen) atoms. The molecular formula is C22H21F3N6OS. The van der Waals surface area contributed by atoms with Crippen molar-refractivity contribution in [2.24, 2.45) is 5.84 Å². The van der Waals surface area contributed by atoms with Gasteiger partial charge >= 0.3 is 6.18 Å². The highest BCUT2D eigenvalue weighted by Gasteiger charge is 2.34. The van der Waals surface area contributed by atoms with Gasteiger partial charge in [-0.15, -0.1) is 11.3 Å². The lowest BCUT2D eigenvalue weighted by Crippen LogP contribution is -2.48. The standard InChI is InChI=1S/C22H21F3N6OS/c23-22(24,25)17-11-30-18(5-2-6-19(30)29-17)28-13-7-9-14(10-8-13)31(26)21(32)15-3-1-4-16-20(15)33-12-27-16/h1-6,11-14,28H,7-10,26H2/t13-,14+. The number of nitrogens with one attached hydrogen (secondary N) is 1. The third-order valence-electron chi connectivity index (χ3n) is 6.05. The zero-order valence-corrected chi connectivity index (χ0v) is 18.2. The van der Waals surface area contributed by atoms with Crippen molar-refractivity contribution in [2.45, 2.75) is 43.9 Å². The van der Waals surface area contributed by atoms with Crippen LogP contribution in [0.1, 0.15) is 41.7 Å². The molecule has 1 fully saturated rings. The molecule has 1 saturated carbocycles. The van der Waals surface area contributed by atoms with Gasteiger partial charge in [0.15, 0.2) is 5.69 Å². The van der Waals surface area contributed by atoms with Crippen LogP contribution >= 0.6 is 11.3 Å². The van der Waals surface area contributed by atoms with E-state index in [1.807, 2.05) is 6.07 Å². The summed E-state index contributed by atoms with van der Waals surface area (Å²) in [5.41, 5.74) is 2.34. The first-order chi connectivity index (χ1) is 15.8. The number of carbonyl (C=O) groups is 1. The molecule has 1 amide bonds. The molecule has 3 N–H and O–H groups in total. The number of thiazole rings is 1. The van der Waals surface area contributed by atoms with Gasteiger partial charge < -0.3 is 5.32 Å². The number of hydrogen-bond acceptors (Lipinski definition) is 6. The van der Waals surface area contributed by atoms with E-state index in [0.717, 1.165) is 29.3 Å². The molecule has 11 heteroatoms. The van der Waals surface area contributed by atoms with Crippen molar-refractivity contribution < 1.29 is 18.0 Å². The van der Waals surface area contributed by atoms with Gasteiger partial charge in [-0.05, 0) is 49.9 Å². The Balaban J connectivity index is 1.25. The summed E-state index contributed by atoms with van der Waals surface area (Å²) in [6.45, 7) is 0. The van der Waals surface area contributed by atoms with Gasteiger partial charge in [-0.25, -0.2) is 15.8 Å². The molecule has 0 spiro atoms. The number of rotatable bonds is 4. The Morgan fingerprint density at radius 2 is 1.91 bits per heavy atom. The van der Waals surface area contributed by atoms with E-state index in [1.54, 1.807) is 35.8 Å². The highest BCUT2D eigenvalue weighted by Crippen LogP contribution is 2.31. The molecule has 3 heterocycles. The summed E-state index contributed by atoms with van der Waals surface area (Å²) in [7, 11) is 0. The lowest BCUT2D eigenvalue weighted by molar-refractivity contribution is -0.140. The summed E-state index contributed by atoms with van der Waals surface area (Å²) >= 11 is 1.41. The number of anilines is 1. The highest BCUT2D eigenvalue weighted by atomic mass is 32.1. The van der Waals surface area contributed by atoms with Crippen molar-refractivity contribution in [3.05, 3.63) is 59.4 Å². The lowest BCUT2D eigenvalue weighted by atomic mass is 9.90. The van der Waals surface area contributed by atoms with E-state index in [2.05, 4.69) is 15.3 Å². The molecule has 4 aromatic rings. The molecule has 3 aromatic heterocycles. The van der Waals surface area contributed by atoms with E-state index in [9.17, 15) is 18.0 Å².